The molecule has 0 bridgehead atoms. The summed E-state index contributed by atoms with van der Waals surface area (Å²) in [4.78, 5) is 15.7. The first-order chi connectivity index (χ1) is 9.61. The second-order valence-corrected chi connectivity index (χ2v) is 4.83. The van der Waals surface area contributed by atoms with Crippen LogP contribution in [0.2, 0.25) is 0 Å². The highest BCUT2D eigenvalue weighted by Crippen LogP contribution is 2.20. The molecule has 1 N–H and O–H groups in total. The van der Waals surface area contributed by atoms with E-state index in [2.05, 4.69) is 31.0 Å². The van der Waals surface area contributed by atoms with Gasteiger partial charge in [0, 0.05) is 17.2 Å². The fourth-order valence-corrected chi connectivity index (χ4v) is 2.07. The van der Waals surface area contributed by atoms with Crippen LogP contribution in [0.4, 0.5) is 10.2 Å². The van der Waals surface area contributed by atoms with Crippen LogP contribution in [0, 0.1) is 5.82 Å². The van der Waals surface area contributed by atoms with Gasteiger partial charge in [0.2, 0.25) is 0 Å². The van der Waals surface area contributed by atoms with Gasteiger partial charge in [-0.2, -0.15) is 0 Å². The van der Waals surface area contributed by atoms with Gasteiger partial charge >= 0.3 is 5.97 Å². The average Bonchev–Trinajstić information content (AvgIpc) is 2.47. The van der Waals surface area contributed by atoms with Crippen molar-refractivity contribution in [3.8, 4) is 0 Å². The first-order valence-electron chi connectivity index (χ1n) is 5.83. The largest absolute Gasteiger partial charge is 0.465 e. The summed E-state index contributed by atoms with van der Waals surface area (Å²) in [6, 6.07) is 7.68. The second kappa shape index (κ2) is 6.47. The summed E-state index contributed by atoms with van der Waals surface area (Å²) in [5, 5.41) is 3.00. The Balaban J connectivity index is 2.19. The van der Waals surface area contributed by atoms with Crippen molar-refractivity contribution in [2.24, 2.45) is 0 Å². The number of aromatic nitrogens is 1. The maximum atomic E-state index is 13.2. The number of carbonyl (C=O) groups excluding carboxylic acids is 1. The zero-order valence-corrected chi connectivity index (χ0v) is 12.3. The minimum Gasteiger partial charge on any atom is -0.465 e. The second-order valence-electron chi connectivity index (χ2n) is 3.98. The normalized spacial score (nSPS) is 10.2. The van der Waals surface area contributed by atoms with Crippen LogP contribution >= 0.6 is 15.9 Å². The van der Waals surface area contributed by atoms with Crippen LogP contribution in [0.3, 0.4) is 0 Å². The van der Waals surface area contributed by atoms with Crippen LogP contribution in [0.5, 0.6) is 0 Å². The van der Waals surface area contributed by atoms with Gasteiger partial charge in [0.1, 0.15) is 17.2 Å². The fraction of sp³-hybridized carbons (Fsp3) is 0.143. The topological polar surface area (TPSA) is 51.2 Å². The molecule has 2 rings (SSSR count). The van der Waals surface area contributed by atoms with E-state index in [9.17, 15) is 9.18 Å². The highest BCUT2D eigenvalue weighted by molar-refractivity contribution is 9.10. The van der Waals surface area contributed by atoms with Crippen molar-refractivity contribution in [1.29, 1.82) is 0 Å². The standard InChI is InChI=1S/C14H12BrFN2O2/c1-20-14(19)11-3-2-6-17-13(11)18-8-9-7-10(16)4-5-12(9)15/h2-7H,8H2,1H3,(H,17,18). The van der Waals surface area contributed by atoms with Crippen LogP contribution in [0.15, 0.2) is 41.0 Å². The number of ether oxygens (including phenoxy) is 1. The molecular weight excluding hydrogens is 327 g/mol. The van der Waals surface area contributed by atoms with Gasteiger partial charge in [0.25, 0.3) is 0 Å². The highest BCUT2D eigenvalue weighted by Gasteiger charge is 2.12. The van der Waals surface area contributed by atoms with Crippen LogP contribution in [-0.4, -0.2) is 18.1 Å². The summed E-state index contributed by atoms with van der Waals surface area (Å²) >= 11 is 3.35. The number of anilines is 1. The van der Waals surface area contributed by atoms with Gasteiger partial charge in [-0.3, -0.25) is 0 Å². The molecule has 0 saturated heterocycles. The van der Waals surface area contributed by atoms with E-state index in [1.165, 1.54) is 19.2 Å². The van der Waals surface area contributed by atoms with Gasteiger partial charge in [0.05, 0.1) is 7.11 Å². The minimum absolute atomic E-state index is 0.320. The third-order valence-electron chi connectivity index (χ3n) is 2.67. The van der Waals surface area contributed by atoms with Gasteiger partial charge in [0.15, 0.2) is 0 Å². The molecule has 0 unspecified atom stereocenters. The van der Waals surface area contributed by atoms with E-state index in [-0.39, 0.29) is 5.82 Å². The van der Waals surface area contributed by atoms with Crippen molar-refractivity contribution >= 4 is 27.7 Å². The zero-order valence-electron chi connectivity index (χ0n) is 10.7. The number of pyridine rings is 1. The first kappa shape index (κ1) is 14.5. The number of esters is 1. The van der Waals surface area contributed by atoms with Crippen molar-refractivity contribution in [3.05, 3.63) is 57.9 Å². The first-order valence-corrected chi connectivity index (χ1v) is 6.62. The predicted octanol–water partition coefficient (Wildman–Crippen LogP) is 3.38. The van der Waals surface area contributed by atoms with E-state index >= 15 is 0 Å². The van der Waals surface area contributed by atoms with Crippen molar-refractivity contribution in [2.45, 2.75) is 6.54 Å². The van der Waals surface area contributed by atoms with Crippen LogP contribution in [-0.2, 0) is 11.3 Å². The van der Waals surface area contributed by atoms with E-state index in [1.54, 1.807) is 24.4 Å². The molecular formula is C14H12BrFN2O2. The van der Waals surface area contributed by atoms with Gasteiger partial charge in [-0.1, -0.05) is 15.9 Å². The molecule has 0 radical (unpaired) electrons. The van der Waals surface area contributed by atoms with Gasteiger partial charge in [-0.25, -0.2) is 14.2 Å². The number of rotatable bonds is 4. The van der Waals surface area contributed by atoms with E-state index in [0.717, 1.165) is 10.0 Å². The molecule has 0 aliphatic rings. The van der Waals surface area contributed by atoms with Crippen LogP contribution in [0.1, 0.15) is 15.9 Å². The molecule has 0 fully saturated rings. The smallest absolute Gasteiger partial charge is 0.341 e. The molecule has 1 aromatic heterocycles. The summed E-state index contributed by atoms with van der Waals surface area (Å²) in [6.07, 6.45) is 1.56. The summed E-state index contributed by atoms with van der Waals surface area (Å²) < 4.78 is 18.7. The van der Waals surface area contributed by atoms with E-state index < -0.39 is 5.97 Å². The molecule has 0 aliphatic carbocycles. The molecule has 4 nitrogen and oxygen atoms in total. The molecule has 20 heavy (non-hydrogen) atoms. The van der Waals surface area contributed by atoms with E-state index in [1.807, 2.05) is 0 Å². The van der Waals surface area contributed by atoms with Crippen LogP contribution in [0.25, 0.3) is 0 Å². The maximum Gasteiger partial charge on any atom is 0.341 e. The number of carbonyl (C=O) groups is 1. The molecule has 0 spiro atoms. The molecule has 1 heterocycles. The summed E-state index contributed by atoms with van der Waals surface area (Å²) in [6.45, 7) is 0.333. The van der Waals surface area contributed by atoms with Gasteiger partial charge in [-0.15, -0.1) is 0 Å². The Morgan fingerprint density at radius 2 is 2.25 bits per heavy atom. The number of methoxy groups -OCH3 is 1. The molecule has 104 valence electrons. The highest BCUT2D eigenvalue weighted by atomic mass is 79.9. The lowest BCUT2D eigenvalue weighted by Crippen LogP contribution is -2.10. The van der Waals surface area contributed by atoms with Crippen molar-refractivity contribution < 1.29 is 13.9 Å². The molecule has 6 heteroatoms. The molecule has 1 aromatic carbocycles. The fourth-order valence-electron chi connectivity index (χ4n) is 1.68. The van der Waals surface area contributed by atoms with Gasteiger partial charge < -0.3 is 10.1 Å². The number of nitrogens with zero attached hydrogens (tertiary/aromatic N) is 1. The Morgan fingerprint density at radius 3 is 3.00 bits per heavy atom. The molecule has 0 aliphatic heterocycles. The summed E-state index contributed by atoms with van der Waals surface area (Å²) in [7, 11) is 1.31. The van der Waals surface area contributed by atoms with Crippen molar-refractivity contribution in [2.75, 3.05) is 12.4 Å². The lowest BCUT2D eigenvalue weighted by molar-refractivity contribution is 0.0601. The quantitative estimate of drug-likeness (QED) is 0.868. The molecule has 0 amide bonds. The SMILES string of the molecule is COC(=O)c1cccnc1NCc1cc(F)ccc1Br. The zero-order chi connectivity index (χ0) is 14.5. The number of nitrogens with one attached hydrogen (secondary N) is 1. The van der Waals surface area contributed by atoms with Crippen molar-refractivity contribution in [1.82, 2.24) is 4.98 Å². The van der Waals surface area contributed by atoms with E-state index in [0.29, 0.717) is 17.9 Å². The molecule has 0 saturated carbocycles. The number of hydrogen-bond acceptors (Lipinski definition) is 4. The van der Waals surface area contributed by atoms with Gasteiger partial charge in [-0.05, 0) is 35.9 Å². The summed E-state index contributed by atoms with van der Waals surface area (Å²) in [5.41, 5.74) is 1.06. The maximum absolute atomic E-state index is 13.2. The molecule has 2 aromatic rings. The number of hydrogen-bond donors (Lipinski definition) is 1. The Bertz CT molecular complexity index is 634. The summed E-state index contributed by atoms with van der Waals surface area (Å²) in [5.74, 6) is -0.395. The average molecular weight is 339 g/mol. The lowest BCUT2D eigenvalue weighted by atomic mass is 10.2. The third-order valence-corrected chi connectivity index (χ3v) is 3.44. The Kier molecular flexibility index (Phi) is 4.68. The number of halogens is 2. The minimum atomic E-state index is -0.473. The predicted molar refractivity (Wildman–Crippen MR) is 77.0 cm³/mol. The Morgan fingerprint density at radius 1 is 1.45 bits per heavy atom. The Labute approximate surface area is 124 Å². The van der Waals surface area contributed by atoms with Crippen LogP contribution < -0.4 is 5.32 Å². The molecule has 0 atom stereocenters. The monoisotopic (exact) mass is 338 g/mol. The van der Waals surface area contributed by atoms with Crippen molar-refractivity contribution in [3.63, 3.8) is 0 Å². The van der Waals surface area contributed by atoms with E-state index in [4.69, 9.17) is 0 Å². The Hall–Kier alpha value is -1.95. The third kappa shape index (κ3) is 3.33. The number of benzene rings is 1. The lowest BCUT2D eigenvalue weighted by Gasteiger charge is -2.10.